The summed E-state index contributed by atoms with van der Waals surface area (Å²) in [4.78, 5) is 0. The first kappa shape index (κ1) is 120. The summed E-state index contributed by atoms with van der Waals surface area (Å²) in [7, 11) is 1.74. The lowest BCUT2D eigenvalue weighted by molar-refractivity contribution is 0.0968. The van der Waals surface area contributed by atoms with Crippen LogP contribution in [-0.4, -0.2) is 40.1 Å². The zero-order valence-corrected chi connectivity index (χ0v) is 78.8. The molecule has 4 saturated carbocycles. The molecule has 0 radical (unpaired) electrons. The summed E-state index contributed by atoms with van der Waals surface area (Å²) >= 11 is 0. The van der Waals surface area contributed by atoms with Crippen LogP contribution >= 0.6 is 0 Å². The fourth-order valence-corrected chi connectivity index (χ4v) is 11.6. The minimum atomic E-state index is 0.427. The van der Waals surface area contributed by atoms with Crippen molar-refractivity contribution in [1.82, 2.24) is 0 Å². The Morgan fingerprint density at radius 2 is 0.480 bits per heavy atom. The van der Waals surface area contributed by atoms with Gasteiger partial charge in [-0.25, -0.2) is 0 Å². The molecule has 7 rings (SSSR count). The van der Waals surface area contributed by atoms with Gasteiger partial charge in [-0.05, 0) is 150 Å². The largest absolute Gasteiger partial charge is 0.385 e. The maximum atomic E-state index is 5.07. The van der Waals surface area contributed by atoms with E-state index in [4.69, 9.17) is 14.2 Å². The average molecular weight is 1420 g/mol. The number of ether oxygens (including phenoxy) is 3. The van der Waals surface area contributed by atoms with E-state index in [-0.39, 0.29) is 0 Å². The summed E-state index contributed by atoms with van der Waals surface area (Å²) in [5.74, 6) is 4.19. The Labute approximate surface area is 642 Å². The Bertz CT molecular complexity index is 1430. The highest BCUT2D eigenvalue weighted by molar-refractivity contribution is 5.14. The Kier molecular flexibility index (Phi) is 95.1. The van der Waals surface area contributed by atoms with Crippen LogP contribution in [0.3, 0.4) is 0 Å². The van der Waals surface area contributed by atoms with Crippen molar-refractivity contribution in [2.45, 2.75) is 489 Å². The lowest BCUT2D eigenvalue weighted by Gasteiger charge is -2.28. The van der Waals surface area contributed by atoms with E-state index in [2.05, 4.69) is 210 Å². The summed E-state index contributed by atoms with van der Waals surface area (Å²) in [6, 6.07) is 10.7. The molecule has 0 atom stereocenters. The molecule has 2 aliphatic heterocycles. The van der Waals surface area contributed by atoms with Gasteiger partial charge in [-0.15, -0.1) is 0 Å². The van der Waals surface area contributed by atoms with Gasteiger partial charge in [0, 0.05) is 40.1 Å². The fourth-order valence-electron chi connectivity index (χ4n) is 11.6. The van der Waals surface area contributed by atoms with Crippen molar-refractivity contribution in [2.24, 2.45) is 67.0 Å². The molecule has 4 aliphatic carbocycles. The second-order valence-corrected chi connectivity index (χ2v) is 37.4. The fraction of sp³-hybridized carbons (Fsp3) is 0.938. The zero-order chi connectivity index (χ0) is 80.4. The van der Waals surface area contributed by atoms with E-state index in [0.29, 0.717) is 43.3 Å². The van der Waals surface area contributed by atoms with Gasteiger partial charge in [-0.2, -0.15) is 0 Å². The van der Waals surface area contributed by atoms with Crippen LogP contribution in [0.15, 0.2) is 30.3 Å². The number of benzene rings is 1. The summed E-state index contributed by atoms with van der Waals surface area (Å²) in [6.07, 6.45) is 46.7. The van der Waals surface area contributed by atoms with Gasteiger partial charge in [-0.3, -0.25) is 0 Å². The van der Waals surface area contributed by atoms with Crippen LogP contribution in [0.25, 0.3) is 0 Å². The highest BCUT2D eigenvalue weighted by Crippen LogP contribution is 2.37. The Morgan fingerprint density at radius 1 is 0.280 bits per heavy atom. The van der Waals surface area contributed by atoms with Gasteiger partial charge in [0.25, 0.3) is 0 Å². The van der Waals surface area contributed by atoms with E-state index in [0.717, 1.165) is 63.1 Å². The molecule has 1 aromatic rings. The molecule has 3 nitrogen and oxygen atoms in total. The van der Waals surface area contributed by atoms with Crippen LogP contribution in [0.4, 0.5) is 0 Å². The summed E-state index contributed by atoms with van der Waals surface area (Å²) in [5.41, 5.74) is 5.65. The van der Waals surface area contributed by atoms with Gasteiger partial charge in [0.2, 0.25) is 0 Å². The smallest absolute Gasteiger partial charge is 0.0467 e. The lowest BCUT2D eigenvalue weighted by atomic mass is 9.78. The predicted octanol–water partition coefficient (Wildman–Crippen LogP) is 35.4. The topological polar surface area (TPSA) is 27.7 Å². The van der Waals surface area contributed by atoms with Gasteiger partial charge in [0.15, 0.2) is 0 Å². The van der Waals surface area contributed by atoms with Crippen LogP contribution in [0.2, 0.25) is 0 Å². The molecule has 0 bridgehead atoms. The minimum Gasteiger partial charge on any atom is -0.385 e. The summed E-state index contributed by atoms with van der Waals surface area (Å²) in [6.45, 7) is 92.6. The van der Waals surface area contributed by atoms with Crippen molar-refractivity contribution in [3.05, 3.63) is 35.9 Å². The Morgan fingerprint density at radius 3 is 0.630 bits per heavy atom. The second kappa shape index (κ2) is 79.2. The first-order valence-electron chi connectivity index (χ1n) is 44.3. The molecule has 6 aliphatic rings. The lowest BCUT2D eigenvalue weighted by Crippen LogP contribution is -2.15. The van der Waals surface area contributed by atoms with Crippen LogP contribution in [0.5, 0.6) is 0 Å². The normalized spacial score (nSPS) is 16.3. The SMILES string of the molecule is C1CCOC1.C1CCOCC1.CC.CC.CC.CC.CC.CC.CC.CC(C)(C)CC1CCCC1.CC(C)(C)CC1CCCCC1.CC(C)(C)CC1CCCCC1.CC(C)(C)CC1CCCCC1.CC(C)(C)CCc1ccccc1.CCC(C)(C)C.CCC(C)(C)C.COCCC(C)(C)C. The molecule has 100 heavy (non-hydrogen) atoms. The maximum absolute atomic E-state index is 5.07. The van der Waals surface area contributed by atoms with Gasteiger partial charge < -0.3 is 14.2 Å². The average Bonchev–Trinajstić information content (AvgIpc) is 1.46. The van der Waals surface area contributed by atoms with Crippen molar-refractivity contribution < 1.29 is 14.2 Å². The molecular weight excluding hydrogens is 1210 g/mol. The Balaban J connectivity index is -0.000000111. The highest BCUT2D eigenvalue weighted by Gasteiger charge is 2.24. The van der Waals surface area contributed by atoms with Crippen molar-refractivity contribution in [3.63, 3.8) is 0 Å². The first-order chi connectivity index (χ1) is 46.6. The van der Waals surface area contributed by atoms with Gasteiger partial charge in [0.1, 0.15) is 0 Å². The molecule has 3 heteroatoms. The summed E-state index contributed by atoms with van der Waals surface area (Å²) < 4.78 is 14.9. The molecule has 2 saturated heterocycles. The van der Waals surface area contributed by atoms with E-state index in [9.17, 15) is 0 Å². The summed E-state index contributed by atoms with van der Waals surface area (Å²) in [5, 5.41) is 0. The molecule has 0 aromatic heterocycles. The third-order valence-electron chi connectivity index (χ3n) is 17.3. The maximum Gasteiger partial charge on any atom is 0.0467 e. The molecule has 0 unspecified atom stereocenters. The van der Waals surface area contributed by atoms with E-state index in [1.54, 1.807) is 7.11 Å². The van der Waals surface area contributed by atoms with E-state index in [1.807, 2.05) is 96.9 Å². The second-order valence-electron chi connectivity index (χ2n) is 37.4. The molecule has 0 N–H and O–H groups in total. The van der Waals surface area contributed by atoms with Crippen molar-refractivity contribution in [2.75, 3.05) is 40.1 Å². The van der Waals surface area contributed by atoms with Gasteiger partial charge >= 0.3 is 0 Å². The standard InChI is InChI=1S/C12H18.3C11H22.C10H20.C7H16O.2C6H14.C5H10O.C4H8O.7C2H6/c1-12(2,3)10-9-11-7-5-4-6-8-11;3*1-11(2,3)9-10-7-5-4-6-8-10;1-10(2,3)8-9-6-4-5-7-9;1-7(2,3)5-6-8-4;2*1-5-6(2,3)4;1-2-4-6-5-3-1;1-2-4-5-3-1;7*1-2/h4-8H,9-10H2,1-3H3;3*10H,4-9H2,1-3H3;9H,4-8H2,1-3H3;5-6H2,1-4H3;2*5H2,1-4H3;1-5H2;1-4H2;7*1-2H3. The number of hydrogen-bond donors (Lipinski definition) is 0. The number of hydrogen-bond acceptors (Lipinski definition) is 3. The molecule has 2 heterocycles. The molecule has 0 spiro atoms. The highest BCUT2D eigenvalue weighted by atomic mass is 16.5. The van der Waals surface area contributed by atoms with E-state index < -0.39 is 0 Å². The quantitative estimate of drug-likeness (QED) is 0.260. The molecule has 614 valence electrons. The molecular formula is C97H208O3. The monoisotopic (exact) mass is 1420 g/mol. The molecule has 1 aromatic carbocycles. The Hall–Kier alpha value is -0.900. The van der Waals surface area contributed by atoms with Gasteiger partial charge in [-0.1, -0.05) is 442 Å². The number of methoxy groups -OCH3 is 1. The zero-order valence-electron chi connectivity index (χ0n) is 78.8. The third kappa shape index (κ3) is 121. The van der Waals surface area contributed by atoms with Crippen LogP contribution in [0, 0.1) is 67.0 Å². The van der Waals surface area contributed by atoms with E-state index >= 15 is 0 Å². The predicted molar refractivity (Wildman–Crippen MR) is 472 cm³/mol. The number of aryl methyl sites for hydroxylation is 1. The van der Waals surface area contributed by atoms with Crippen LogP contribution in [0.1, 0.15) is 488 Å². The van der Waals surface area contributed by atoms with Crippen molar-refractivity contribution >= 4 is 0 Å². The first-order valence-corrected chi connectivity index (χ1v) is 44.3. The van der Waals surface area contributed by atoms with Crippen molar-refractivity contribution in [3.8, 4) is 0 Å². The molecule has 0 amide bonds. The van der Waals surface area contributed by atoms with Crippen molar-refractivity contribution in [1.29, 1.82) is 0 Å². The molecule has 6 fully saturated rings. The minimum absolute atomic E-state index is 0.427. The van der Waals surface area contributed by atoms with Crippen LogP contribution < -0.4 is 0 Å². The number of rotatable bonds is 8. The van der Waals surface area contributed by atoms with Gasteiger partial charge in [0.05, 0.1) is 0 Å². The van der Waals surface area contributed by atoms with Crippen LogP contribution in [-0.2, 0) is 20.6 Å². The third-order valence-corrected chi connectivity index (χ3v) is 17.3. The van der Waals surface area contributed by atoms with E-state index in [1.165, 1.54) is 211 Å².